The molecule has 2 unspecified atom stereocenters. The van der Waals surface area contributed by atoms with Crippen molar-refractivity contribution in [1.29, 1.82) is 0 Å². The van der Waals surface area contributed by atoms with Crippen molar-refractivity contribution in [3.05, 3.63) is 24.0 Å². The molecule has 0 saturated carbocycles. The zero-order valence-electron chi connectivity index (χ0n) is 11.0. The highest BCUT2D eigenvalue weighted by atomic mass is 16.5. The summed E-state index contributed by atoms with van der Waals surface area (Å²) in [6.45, 7) is 6.08. The van der Waals surface area contributed by atoms with Gasteiger partial charge in [0.1, 0.15) is 0 Å². The highest BCUT2D eigenvalue weighted by Crippen LogP contribution is 2.15. The monoisotopic (exact) mass is 252 g/mol. The number of aliphatic hydroxyl groups is 1. The van der Waals surface area contributed by atoms with Crippen LogP contribution >= 0.6 is 0 Å². The van der Waals surface area contributed by atoms with Crippen LogP contribution in [-0.2, 0) is 0 Å². The Morgan fingerprint density at radius 3 is 2.89 bits per heavy atom. The summed E-state index contributed by atoms with van der Waals surface area (Å²) in [4.78, 5) is 16.1. The van der Waals surface area contributed by atoms with Crippen molar-refractivity contribution in [1.82, 2.24) is 10.3 Å². The Bertz CT molecular complexity index is 396. The van der Waals surface area contributed by atoms with E-state index in [2.05, 4.69) is 10.3 Å². The van der Waals surface area contributed by atoms with Crippen molar-refractivity contribution in [3.63, 3.8) is 0 Å². The summed E-state index contributed by atoms with van der Waals surface area (Å²) >= 11 is 0. The minimum absolute atomic E-state index is 0.00629. The molecule has 0 bridgehead atoms. The number of hydrogen-bond donors (Lipinski definition) is 2. The van der Waals surface area contributed by atoms with Crippen molar-refractivity contribution in [2.45, 2.75) is 26.8 Å². The molecule has 0 aliphatic carbocycles. The second kappa shape index (κ2) is 6.96. The van der Waals surface area contributed by atoms with Gasteiger partial charge in [0.25, 0.3) is 5.91 Å². The number of ether oxygens (including phenoxy) is 1. The topological polar surface area (TPSA) is 71.5 Å². The number of pyridine rings is 1. The molecule has 1 heterocycles. The normalized spacial score (nSPS) is 13.8. The quantitative estimate of drug-likeness (QED) is 0.798. The molecule has 0 spiro atoms. The second-order valence-electron chi connectivity index (χ2n) is 4.21. The number of aromatic nitrogens is 1. The average Bonchev–Trinajstić information content (AvgIpc) is 2.38. The summed E-state index contributed by atoms with van der Waals surface area (Å²) in [7, 11) is 0. The van der Waals surface area contributed by atoms with E-state index >= 15 is 0 Å². The molecule has 0 fully saturated rings. The van der Waals surface area contributed by atoms with Crippen LogP contribution in [0.25, 0.3) is 0 Å². The first-order valence-corrected chi connectivity index (χ1v) is 6.09. The van der Waals surface area contributed by atoms with Crippen LogP contribution in [0, 0.1) is 5.92 Å². The minimum Gasteiger partial charge on any atom is -0.491 e. The van der Waals surface area contributed by atoms with E-state index in [1.807, 2.05) is 20.8 Å². The van der Waals surface area contributed by atoms with Gasteiger partial charge in [-0.15, -0.1) is 0 Å². The molecule has 1 rings (SSSR count). The van der Waals surface area contributed by atoms with Gasteiger partial charge in [0, 0.05) is 18.8 Å². The summed E-state index contributed by atoms with van der Waals surface area (Å²) in [5, 5.41) is 11.8. The van der Waals surface area contributed by atoms with E-state index < -0.39 is 0 Å². The fourth-order valence-corrected chi connectivity index (χ4v) is 1.41. The van der Waals surface area contributed by atoms with Crippen LogP contribution in [0.4, 0.5) is 0 Å². The lowest BCUT2D eigenvalue weighted by atomic mass is 10.1. The van der Waals surface area contributed by atoms with Crippen molar-refractivity contribution >= 4 is 5.91 Å². The number of amides is 1. The number of nitrogens with one attached hydrogen (secondary N) is 1. The Morgan fingerprint density at radius 1 is 1.56 bits per heavy atom. The van der Waals surface area contributed by atoms with Gasteiger partial charge in [0.15, 0.2) is 11.4 Å². The number of nitrogens with zero attached hydrogens (tertiary/aromatic N) is 1. The fourth-order valence-electron chi connectivity index (χ4n) is 1.41. The molecule has 5 nitrogen and oxygen atoms in total. The minimum atomic E-state index is -0.285. The second-order valence-corrected chi connectivity index (χ2v) is 4.21. The summed E-state index contributed by atoms with van der Waals surface area (Å²) in [6.07, 6.45) is 1.55. The molecule has 100 valence electrons. The van der Waals surface area contributed by atoms with Gasteiger partial charge in [-0.1, -0.05) is 6.92 Å². The molecule has 0 aliphatic heterocycles. The van der Waals surface area contributed by atoms with Crippen LogP contribution in [-0.4, -0.2) is 35.3 Å². The number of carbonyl (C=O) groups is 1. The molecule has 0 radical (unpaired) electrons. The van der Waals surface area contributed by atoms with Gasteiger partial charge >= 0.3 is 0 Å². The van der Waals surface area contributed by atoms with Gasteiger partial charge in [0.05, 0.1) is 6.61 Å². The van der Waals surface area contributed by atoms with Crippen LogP contribution in [0.1, 0.15) is 31.3 Å². The fraction of sp³-hybridized carbons (Fsp3) is 0.538. The van der Waals surface area contributed by atoms with Crippen molar-refractivity contribution in [3.8, 4) is 5.75 Å². The Morgan fingerprint density at radius 2 is 2.28 bits per heavy atom. The lowest BCUT2D eigenvalue weighted by Gasteiger charge is -2.19. The summed E-state index contributed by atoms with van der Waals surface area (Å²) in [6, 6.07) is 3.31. The molecule has 0 saturated heterocycles. The Balaban J connectivity index is 2.77. The maximum Gasteiger partial charge on any atom is 0.273 e. The first-order chi connectivity index (χ1) is 8.60. The standard InChI is InChI=1S/C13H20N2O3/c1-4-18-11-6-5-7-14-12(11)13(17)15-10(3)9(2)8-16/h5-7,9-10,16H,4,8H2,1-3H3,(H,15,17). The summed E-state index contributed by atoms with van der Waals surface area (Å²) < 4.78 is 5.35. The third-order valence-electron chi connectivity index (χ3n) is 2.79. The molecule has 1 amide bonds. The highest BCUT2D eigenvalue weighted by Gasteiger charge is 2.18. The van der Waals surface area contributed by atoms with Gasteiger partial charge < -0.3 is 15.2 Å². The molecule has 1 aromatic rings. The van der Waals surface area contributed by atoms with E-state index in [0.717, 1.165) is 0 Å². The zero-order valence-corrected chi connectivity index (χ0v) is 11.0. The van der Waals surface area contributed by atoms with Crippen LogP contribution in [0.2, 0.25) is 0 Å². The first kappa shape index (κ1) is 14.4. The van der Waals surface area contributed by atoms with Gasteiger partial charge in [-0.05, 0) is 31.9 Å². The number of aliphatic hydroxyl groups excluding tert-OH is 1. The van der Waals surface area contributed by atoms with E-state index in [4.69, 9.17) is 9.84 Å². The van der Waals surface area contributed by atoms with Crippen LogP contribution in [0.5, 0.6) is 5.75 Å². The predicted octanol–water partition coefficient (Wildman–Crippen LogP) is 1.23. The van der Waals surface area contributed by atoms with E-state index in [1.165, 1.54) is 0 Å². The van der Waals surface area contributed by atoms with Gasteiger partial charge in [-0.2, -0.15) is 0 Å². The van der Waals surface area contributed by atoms with E-state index in [1.54, 1.807) is 18.3 Å². The Hall–Kier alpha value is -1.62. The van der Waals surface area contributed by atoms with Crippen LogP contribution < -0.4 is 10.1 Å². The smallest absolute Gasteiger partial charge is 0.273 e. The molecule has 5 heteroatoms. The van der Waals surface area contributed by atoms with E-state index in [0.29, 0.717) is 12.4 Å². The lowest BCUT2D eigenvalue weighted by Crippen LogP contribution is -2.38. The lowest BCUT2D eigenvalue weighted by molar-refractivity contribution is 0.0907. The molecule has 0 aromatic carbocycles. The van der Waals surface area contributed by atoms with E-state index in [9.17, 15) is 4.79 Å². The summed E-state index contributed by atoms with van der Waals surface area (Å²) in [5.41, 5.74) is 0.274. The molecule has 0 aliphatic rings. The van der Waals surface area contributed by atoms with E-state index in [-0.39, 0.29) is 30.2 Å². The van der Waals surface area contributed by atoms with Crippen molar-refractivity contribution < 1.29 is 14.6 Å². The van der Waals surface area contributed by atoms with Crippen LogP contribution in [0.15, 0.2) is 18.3 Å². The predicted molar refractivity (Wildman–Crippen MR) is 68.6 cm³/mol. The largest absolute Gasteiger partial charge is 0.491 e. The SMILES string of the molecule is CCOc1cccnc1C(=O)NC(C)C(C)CO. The molecule has 2 N–H and O–H groups in total. The highest BCUT2D eigenvalue weighted by molar-refractivity contribution is 5.95. The Labute approximate surface area is 107 Å². The number of hydrogen-bond acceptors (Lipinski definition) is 4. The maximum absolute atomic E-state index is 12.0. The van der Waals surface area contributed by atoms with Gasteiger partial charge in [-0.3, -0.25) is 4.79 Å². The molecular weight excluding hydrogens is 232 g/mol. The zero-order chi connectivity index (χ0) is 13.5. The third-order valence-corrected chi connectivity index (χ3v) is 2.79. The van der Waals surface area contributed by atoms with Crippen molar-refractivity contribution in [2.75, 3.05) is 13.2 Å². The maximum atomic E-state index is 12.0. The molecule has 18 heavy (non-hydrogen) atoms. The third kappa shape index (κ3) is 3.70. The molecular formula is C13H20N2O3. The van der Waals surface area contributed by atoms with Gasteiger partial charge in [-0.25, -0.2) is 4.98 Å². The van der Waals surface area contributed by atoms with Crippen molar-refractivity contribution in [2.24, 2.45) is 5.92 Å². The van der Waals surface area contributed by atoms with Gasteiger partial charge in [0.2, 0.25) is 0 Å². The first-order valence-electron chi connectivity index (χ1n) is 6.09. The van der Waals surface area contributed by atoms with Crippen LogP contribution in [0.3, 0.4) is 0 Å². The summed E-state index contributed by atoms with van der Waals surface area (Å²) in [5.74, 6) is 0.182. The molecule has 1 aromatic heterocycles. The Kier molecular flexibility index (Phi) is 5.58. The average molecular weight is 252 g/mol. The molecule has 2 atom stereocenters. The number of carbonyl (C=O) groups excluding carboxylic acids is 1. The number of rotatable bonds is 6.